The van der Waals surface area contributed by atoms with E-state index in [0.717, 1.165) is 12.2 Å². The fourth-order valence-electron chi connectivity index (χ4n) is 2.15. The second kappa shape index (κ2) is 10.3. The molecule has 6 heteroatoms. The van der Waals surface area contributed by atoms with Crippen LogP contribution in [0.1, 0.15) is 18.1 Å². The quantitative estimate of drug-likeness (QED) is 0.651. The Morgan fingerprint density at radius 1 is 1.24 bits per heavy atom. The highest BCUT2D eigenvalue weighted by atomic mass is 35.5. The fourth-order valence-corrected chi connectivity index (χ4v) is 3.34. The van der Waals surface area contributed by atoms with Crippen LogP contribution in [0.5, 0.6) is 5.75 Å². The number of carbonyl (C=O) groups excluding carboxylic acids is 1. The van der Waals surface area contributed by atoms with E-state index in [1.54, 1.807) is 12.1 Å². The van der Waals surface area contributed by atoms with Crippen LogP contribution in [0.2, 0.25) is 5.02 Å². The minimum Gasteiger partial charge on any atom is -0.492 e. The first-order valence-electron chi connectivity index (χ1n) is 8.09. The molecule has 0 heterocycles. The molecule has 0 atom stereocenters. The summed E-state index contributed by atoms with van der Waals surface area (Å²) in [4.78, 5) is 11.8. The molecule has 25 heavy (non-hydrogen) atoms. The number of thioether (sulfide) groups is 1. The lowest BCUT2D eigenvalue weighted by Gasteiger charge is -2.09. The zero-order valence-corrected chi connectivity index (χ0v) is 15.6. The van der Waals surface area contributed by atoms with Gasteiger partial charge in [0.1, 0.15) is 18.2 Å². The Morgan fingerprint density at radius 3 is 2.68 bits per heavy atom. The van der Waals surface area contributed by atoms with Crippen molar-refractivity contribution in [1.29, 1.82) is 0 Å². The van der Waals surface area contributed by atoms with Gasteiger partial charge >= 0.3 is 0 Å². The average Bonchev–Trinajstić information content (AvgIpc) is 2.62. The lowest BCUT2D eigenvalue weighted by atomic mass is 10.2. The van der Waals surface area contributed by atoms with E-state index in [1.807, 2.05) is 24.3 Å². The molecule has 134 valence electrons. The van der Waals surface area contributed by atoms with Gasteiger partial charge < -0.3 is 10.1 Å². The molecule has 0 aromatic heterocycles. The van der Waals surface area contributed by atoms with Gasteiger partial charge in [-0.2, -0.15) is 0 Å². The van der Waals surface area contributed by atoms with E-state index in [9.17, 15) is 9.18 Å². The molecule has 2 rings (SSSR count). The van der Waals surface area contributed by atoms with Crippen LogP contribution >= 0.6 is 23.4 Å². The number of hydrogen-bond donors (Lipinski definition) is 1. The standard InChI is InChI=1S/C19H21ClFNO2S/c1-2-14-6-8-15(9-7-14)24-11-10-22-19(23)13-25-12-16-17(20)4-3-5-18(16)21/h3-9H,2,10-13H2,1H3,(H,22,23). The first kappa shape index (κ1) is 19.6. The van der Waals surface area contributed by atoms with Crippen molar-refractivity contribution in [2.45, 2.75) is 19.1 Å². The van der Waals surface area contributed by atoms with Crippen molar-refractivity contribution in [3.63, 3.8) is 0 Å². The van der Waals surface area contributed by atoms with Crippen LogP contribution in [-0.2, 0) is 17.0 Å². The van der Waals surface area contributed by atoms with Crippen molar-refractivity contribution >= 4 is 29.3 Å². The van der Waals surface area contributed by atoms with Crippen LogP contribution in [0.3, 0.4) is 0 Å². The van der Waals surface area contributed by atoms with Crippen LogP contribution in [0.4, 0.5) is 4.39 Å². The van der Waals surface area contributed by atoms with Gasteiger partial charge in [0.2, 0.25) is 5.91 Å². The summed E-state index contributed by atoms with van der Waals surface area (Å²) >= 11 is 7.28. The summed E-state index contributed by atoms with van der Waals surface area (Å²) in [6.07, 6.45) is 0.992. The van der Waals surface area contributed by atoms with Crippen LogP contribution in [0, 0.1) is 5.82 Å². The van der Waals surface area contributed by atoms with Crippen molar-refractivity contribution in [1.82, 2.24) is 5.32 Å². The van der Waals surface area contributed by atoms with Crippen molar-refractivity contribution in [3.05, 3.63) is 64.4 Å². The second-order valence-electron chi connectivity index (χ2n) is 5.39. The van der Waals surface area contributed by atoms with Gasteiger partial charge in [-0.15, -0.1) is 11.8 Å². The first-order chi connectivity index (χ1) is 12.1. The molecule has 2 aromatic carbocycles. The summed E-state index contributed by atoms with van der Waals surface area (Å²) in [5.41, 5.74) is 1.69. The Hall–Kier alpha value is -1.72. The van der Waals surface area contributed by atoms with E-state index < -0.39 is 0 Å². The molecule has 0 fully saturated rings. The Bertz CT molecular complexity index is 674. The molecule has 0 unspecified atom stereocenters. The molecule has 0 spiro atoms. The monoisotopic (exact) mass is 381 g/mol. The van der Waals surface area contributed by atoms with Gasteiger partial charge in [-0.05, 0) is 36.2 Å². The van der Waals surface area contributed by atoms with Gasteiger partial charge in [0, 0.05) is 16.3 Å². The molecule has 0 aliphatic carbocycles. The van der Waals surface area contributed by atoms with Gasteiger partial charge in [-0.3, -0.25) is 4.79 Å². The van der Waals surface area contributed by atoms with Gasteiger partial charge in [0.15, 0.2) is 0 Å². The lowest BCUT2D eigenvalue weighted by molar-refractivity contribution is -0.118. The van der Waals surface area contributed by atoms with Crippen LogP contribution in [-0.4, -0.2) is 24.8 Å². The maximum atomic E-state index is 13.6. The Morgan fingerprint density at radius 2 is 2.00 bits per heavy atom. The summed E-state index contributed by atoms with van der Waals surface area (Å²) in [7, 11) is 0. The van der Waals surface area contributed by atoms with Crippen molar-refractivity contribution in [2.24, 2.45) is 0 Å². The third-order valence-electron chi connectivity index (χ3n) is 3.57. The number of rotatable bonds is 9. The highest BCUT2D eigenvalue weighted by Crippen LogP contribution is 2.23. The summed E-state index contributed by atoms with van der Waals surface area (Å²) < 4.78 is 19.2. The Balaban J connectivity index is 1.62. The predicted molar refractivity (Wildman–Crippen MR) is 102 cm³/mol. The van der Waals surface area contributed by atoms with Crippen molar-refractivity contribution in [3.8, 4) is 5.75 Å². The maximum absolute atomic E-state index is 13.6. The van der Waals surface area contributed by atoms with E-state index in [2.05, 4.69) is 12.2 Å². The highest BCUT2D eigenvalue weighted by Gasteiger charge is 2.08. The molecule has 3 nitrogen and oxygen atoms in total. The van der Waals surface area contributed by atoms with Gasteiger partial charge in [0.25, 0.3) is 0 Å². The number of benzene rings is 2. The molecule has 2 aromatic rings. The Labute approximate surface area is 156 Å². The number of aryl methyl sites for hydroxylation is 1. The van der Waals surface area contributed by atoms with E-state index >= 15 is 0 Å². The van der Waals surface area contributed by atoms with Crippen molar-refractivity contribution in [2.75, 3.05) is 18.9 Å². The van der Waals surface area contributed by atoms with E-state index in [4.69, 9.17) is 16.3 Å². The number of ether oxygens (including phenoxy) is 1. The Kier molecular flexibility index (Phi) is 8.09. The summed E-state index contributed by atoms with van der Waals surface area (Å²) in [5, 5.41) is 3.16. The smallest absolute Gasteiger partial charge is 0.230 e. The normalized spacial score (nSPS) is 10.5. The first-order valence-corrected chi connectivity index (χ1v) is 9.62. The number of nitrogens with one attached hydrogen (secondary N) is 1. The molecular weight excluding hydrogens is 361 g/mol. The topological polar surface area (TPSA) is 38.3 Å². The summed E-state index contributed by atoms with van der Waals surface area (Å²) in [5.74, 6) is 0.940. The molecule has 0 aliphatic rings. The SMILES string of the molecule is CCc1ccc(OCCNC(=O)CSCc2c(F)cccc2Cl)cc1. The number of carbonyl (C=O) groups is 1. The van der Waals surface area contributed by atoms with E-state index in [-0.39, 0.29) is 17.5 Å². The average molecular weight is 382 g/mol. The second-order valence-corrected chi connectivity index (χ2v) is 6.78. The molecule has 1 amide bonds. The number of amides is 1. The zero-order chi connectivity index (χ0) is 18.1. The summed E-state index contributed by atoms with van der Waals surface area (Å²) in [6, 6.07) is 12.5. The third kappa shape index (κ3) is 6.59. The number of hydrogen-bond acceptors (Lipinski definition) is 3. The highest BCUT2D eigenvalue weighted by molar-refractivity contribution is 7.99. The van der Waals surface area contributed by atoms with Crippen LogP contribution in [0.25, 0.3) is 0 Å². The van der Waals surface area contributed by atoms with Crippen LogP contribution < -0.4 is 10.1 Å². The van der Waals surface area contributed by atoms with E-state index in [1.165, 1.54) is 23.4 Å². The maximum Gasteiger partial charge on any atom is 0.230 e. The van der Waals surface area contributed by atoms with Gasteiger partial charge in [-0.25, -0.2) is 4.39 Å². The lowest BCUT2D eigenvalue weighted by Crippen LogP contribution is -2.29. The molecule has 0 bridgehead atoms. The largest absolute Gasteiger partial charge is 0.492 e. The molecule has 0 radical (unpaired) electrons. The fraction of sp³-hybridized carbons (Fsp3) is 0.316. The molecule has 1 N–H and O–H groups in total. The molecule has 0 aliphatic heterocycles. The molecular formula is C19H21ClFNO2S. The third-order valence-corrected chi connectivity index (χ3v) is 4.88. The van der Waals surface area contributed by atoms with Gasteiger partial charge in [-0.1, -0.05) is 36.7 Å². The van der Waals surface area contributed by atoms with Crippen molar-refractivity contribution < 1.29 is 13.9 Å². The van der Waals surface area contributed by atoms with Crippen LogP contribution in [0.15, 0.2) is 42.5 Å². The molecule has 0 saturated carbocycles. The molecule has 0 saturated heterocycles. The minimum atomic E-state index is -0.345. The zero-order valence-electron chi connectivity index (χ0n) is 14.1. The predicted octanol–water partition coefficient (Wildman–Crippen LogP) is 4.47. The summed E-state index contributed by atoms with van der Waals surface area (Å²) in [6.45, 7) is 2.93. The number of halogens is 2. The minimum absolute atomic E-state index is 0.109. The van der Waals surface area contributed by atoms with E-state index in [0.29, 0.717) is 29.5 Å². The van der Waals surface area contributed by atoms with Gasteiger partial charge in [0.05, 0.1) is 12.3 Å².